The number of rotatable bonds is 8. The molecular formula is C19H21NO5. The van der Waals surface area contributed by atoms with Gasteiger partial charge >= 0.3 is 5.97 Å². The number of para-hydroxylation sites is 2. The molecule has 0 aliphatic carbocycles. The standard InChI is InChI=1S/C19H21NO5/c1-20(10-11-25-17-9-4-3-8-16(17)24-2)18(21)13-14-6-5-7-15(12-14)19(22)23/h3-9,12H,10-11,13H2,1-2H3,(H,22,23). The van der Waals surface area contributed by atoms with Crippen molar-refractivity contribution in [2.24, 2.45) is 0 Å². The number of carbonyl (C=O) groups is 2. The molecule has 0 bridgehead atoms. The van der Waals surface area contributed by atoms with Crippen LogP contribution in [-0.2, 0) is 11.2 Å². The number of benzene rings is 2. The summed E-state index contributed by atoms with van der Waals surface area (Å²) in [6.07, 6.45) is 0.145. The van der Waals surface area contributed by atoms with Crippen LogP contribution in [0.25, 0.3) is 0 Å². The molecule has 2 aromatic rings. The number of hydrogen-bond acceptors (Lipinski definition) is 4. The Morgan fingerprint density at radius 2 is 1.80 bits per heavy atom. The zero-order valence-electron chi connectivity index (χ0n) is 14.3. The minimum Gasteiger partial charge on any atom is -0.493 e. The molecule has 6 heteroatoms. The summed E-state index contributed by atoms with van der Waals surface area (Å²) in [6, 6.07) is 13.7. The molecule has 2 rings (SSSR count). The minimum atomic E-state index is -1.01. The summed E-state index contributed by atoms with van der Waals surface area (Å²) in [7, 11) is 3.26. The molecule has 0 radical (unpaired) electrons. The maximum Gasteiger partial charge on any atom is 0.335 e. The lowest BCUT2D eigenvalue weighted by Crippen LogP contribution is -2.32. The zero-order valence-corrected chi connectivity index (χ0v) is 14.3. The highest BCUT2D eigenvalue weighted by molar-refractivity contribution is 5.88. The monoisotopic (exact) mass is 343 g/mol. The van der Waals surface area contributed by atoms with Crippen molar-refractivity contribution in [1.29, 1.82) is 0 Å². The van der Waals surface area contributed by atoms with E-state index in [1.807, 2.05) is 12.1 Å². The van der Waals surface area contributed by atoms with Gasteiger partial charge in [-0.3, -0.25) is 4.79 Å². The van der Waals surface area contributed by atoms with Gasteiger partial charge in [0.05, 0.1) is 25.6 Å². The molecule has 2 aromatic carbocycles. The lowest BCUT2D eigenvalue weighted by atomic mass is 10.1. The second-order valence-electron chi connectivity index (χ2n) is 5.50. The Hall–Kier alpha value is -3.02. The van der Waals surface area contributed by atoms with E-state index in [0.717, 1.165) is 0 Å². The summed E-state index contributed by atoms with van der Waals surface area (Å²) < 4.78 is 10.9. The predicted molar refractivity (Wildman–Crippen MR) is 93.2 cm³/mol. The second-order valence-corrected chi connectivity index (χ2v) is 5.50. The molecule has 0 atom stereocenters. The molecule has 6 nitrogen and oxygen atoms in total. The number of methoxy groups -OCH3 is 1. The van der Waals surface area contributed by atoms with Gasteiger partial charge in [0.2, 0.25) is 5.91 Å². The molecular weight excluding hydrogens is 322 g/mol. The van der Waals surface area contributed by atoms with Crippen molar-refractivity contribution in [3.63, 3.8) is 0 Å². The fourth-order valence-electron chi connectivity index (χ4n) is 2.28. The zero-order chi connectivity index (χ0) is 18.2. The van der Waals surface area contributed by atoms with Crippen LogP contribution in [0.2, 0.25) is 0 Å². The van der Waals surface area contributed by atoms with Crippen LogP contribution in [0, 0.1) is 0 Å². The molecule has 0 saturated heterocycles. The molecule has 1 amide bonds. The third-order valence-corrected chi connectivity index (χ3v) is 3.71. The van der Waals surface area contributed by atoms with Gasteiger partial charge in [0, 0.05) is 7.05 Å². The Morgan fingerprint density at radius 1 is 1.08 bits per heavy atom. The second kappa shape index (κ2) is 8.73. The highest BCUT2D eigenvalue weighted by Gasteiger charge is 2.12. The van der Waals surface area contributed by atoms with E-state index >= 15 is 0 Å². The predicted octanol–water partition coefficient (Wildman–Crippen LogP) is 2.47. The maximum absolute atomic E-state index is 12.3. The first kappa shape index (κ1) is 18.3. The van der Waals surface area contributed by atoms with Crippen molar-refractivity contribution in [2.75, 3.05) is 27.3 Å². The topological polar surface area (TPSA) is 76.1 Å². The molecule has 0 aliphatic heterocycles. The van der Waals surface area contributed by atoms with E-state index in [4.69, 9.17) is 14.6 Å². The summed E-state index contributed by atoms with van der Waals surface area (Å²) in [5.74, 6) is 0.154. The SMILES string of the molecule is COc1ccccc1OCCN(C)C(=O)Cc1cccc(C(=O)O)c1. The van der Waals surface area contributed by atoms with Gasteiger partial charge in [-0.1, -0.05) is 24.3 Å². The highest BCUT2D eigenvalue weighted by atomic mass is 16.5. The minimum absolute atomic E-state index is 0.105. The van der Waals surface area contributed by atoms with Crippen molar-refractivity contribution < 1.29 is 24.2 Å². The van der Waals surface area contributed by atoms with Crippen LogP contribution in [0.4, 0.5) is 0 Å². The Bertz CT molecular complexity index is 744. The van der Waals surface area contributed by atoms with E-state index in [9.17, 15) is 9.59 Å². The van der Waals surface area contributed by atoms with E-state index in [2.05, 4.69) is 0 Å². The number of carboxylic acid groups (broad SMARTS) is 1. The first-order chi connectivity index (χ1) is 12.0. The number of carbonyl (C=O) groups excluding carboxylic acids is 1. The molecule has 0 saturated carbocycles. The average Bonchev–Trinajstić information content (AvgIpc) is 2.62. The van der Waals surface area contributed by atoms with E-state index < -0.39 is 5.97 Å². The fourth-order valence-corrected chi connectivity index (χ4v) is 2.28. The van der Waals surface area contributed by atoms with Crippen LogP contribution in [0.5, 0.6) is 11.5 Å². The normalized spacial score (nSPS) is 10.2. The third-order valence-electron chi connectivity index (χ3n) is 3.71. The molecule has 25 heavy (non-hydrogen) atoms. The van der Waals surface area contributed by atoms with Gasteiger partial charge < -0.3 is 19.5 Å². The van der Waals surface area contributed by atoms with Crippen LogP contribution in [0.3, 0.4) is 0 Å². The van der Waals surface area contributed by atoms with Crippen LogP contribution in [0.15, 0.2) is 48.5 Å². The number of aromatic carboxylic acids is 1. The van der Waals surface area contributed by atoms with Crippen molar-refractivity contribution in [3.05, 3.63) is 59.7 Å². The highest BCUT2D eigenvalue weighted by Crippen LogP contribution is 2.25. The van der Waals surface area contributed by atoms with Gasteiger partial charge in [0.1, 0.15) is 6.61 Å². The lowest BCUT2D eigenvalue weighted by molar-refractivity contribution is -0.129. The van der Waals surface area contributed by atoms with Gasteiger partial charge in [-0.25, -0.2) is 4.79 Å². The average molecular weight is 343 g/mol. The number of likely N-dealkylation sites (N-methyl/N-ethyl adjacent to an activating group) is 1. The summed E-state index contributed by atoms with van der Waals surface area (Å²) in [5, 5.41) is 9.00. The van der Waals surface area contributed by atoms with Gasteiger partial charge in [0.25, 0.3) is 0 Å². The van der Waals surface area contributed by atoms with Crippen LogP contribution in [0.1, 0.15) is 15.9 Å². The summed E-state index contributed by atoms with van der Waals surface area (Å²) >= 11 is 0. The Balaban J connectivity index is 1.86. The summed E-state index contributed by atoms with van der Waals surface area (Å²) in [5.41, 5.74) is 0.842. The summed E-state index contributed by atoms with van der Waals surface area (Å²) in [4.78, 5) is 24.8. The largest absolute Gasteiger partial charge is 0.493 e. The molecule has 0 fully saturated rings. The Kier molecular flexibility index (Phi) is 6.39. The maximum atomic E-state index is 12.3. The first-order valence-electron chi connectivity index (χ1n) is 7.83. The fraction of sp³-hybridized carbons (Fsp3) is 0.263. The molecule has 0 spiro atoms. The van der Waals surface area contributed by atoms with E-state index in [1.165, 1.54) is 12.1 Å². The smallest absolute Gasteiger partial charge is 0.335 e. The lowest BCUT2D eigenvalue weighted by Gasteiger charge is -2.18. The quantitative estimate of drug-likeness (QED) is 0.797. The van der Waals surface area contributed by atoms with Crippen molar-refractivity contribution in [2.45, 2.75) is 6.42 Å². The number of nitrogens with zero attached hydrogens (tertiary/aromatic N) is 1. The van der Waals surface area contributed by atoms with Gasteiger partial charge in [0.15, 0.2) is 11.5 Å². The molecule has 1 N–H and O–H groups in total. The molecule has 0 aliphatic rings. The first-order valence-corrected chi connectivity index (χ1v) is 7.83. The number of carboxylic acids is 1. The van der Waals surface area contributed by atoms with Crippen LogP contribution in [-0.4, -0.2) is 49.2 Å². The van der Waals surface area contributed by atoms with Gasteiger partial charge in [-0.15, -0.1) is 0 Å². The molecule has 0 unspecified atom stereocenters. The van der Waals surface area contributed by atoms with E-state index in [1.54, 1.807) is 43.3 Å². The number of amides is 1. The van der Waals surface area contributed by atoms with Gasteiger partial charge in [-0.2, -0.15) is 0 Å². The summed E-state index contributed by atoms with van der Waals surface area (Å²) in [6.45, 7) is 0.743. The van der Waals surface area contributed by atoms with E-state index in [-0.39, 0.29) is 17.9 Å². The van der Waals surface area contributed by atoms with Crippen molar-refractivity contribution >= 4 is 11.9 Å². The van der Waals surface area contributed by atoms with Crippen molar-refractivity contribution in [3.8, 4) is 11.5 Å². The van der Waals surface area contributed by atoms with Crippen molar-refractivity contribution in [1.82, 2.24) is 4.90 Å². The Morgan fingerprint density at radius 3 is 2.48 bits per heavy atom. The number of ether oxygens (including phenoxy) is 2. The molecule has 132 valence electrons. The van der Waals surface area contributed by atoms with E-state index in [0.29, 0.717) is 30.2 Å². The molecule has 0 heterocycles. The number of hydrogen-bond donors (Lipinski definition) is 1. The van der Waals surface area contributed by atoms with Crippen LogP contribution < -0.4 is 9.47 Å². The molecule has 0 aromatic heterocycles. The Labute approximate surface area is 146 Å². The third kappa shape index (κ3) is 5.24. The van der Waals surface area contributed by atoms with Gasteiger partial charge in [-0.05, 0) is 29.8 Å². The van der Waals surface area contributed by atoms with Crippen LogP contribution >= 0.6 is 0 Å².